The van der Waals surface area contributed by atoms with Gasteiger partial charge < -0.3 is 9.32 Å². The summed E-state index contributed by atoms with van der Waals surface area (Å²) < 4.78 is 6.42. The average molecular weight is 568 g/mol. The van der Waals surface area contributed by atoms with Gasteiger partial charge in [0.1, 0.15) is 11.2 Å². The third-order valence-corrected chi connectivity index (χ3v) is 10.2. The molecule has 0 amide bonds. The monoisotopic (exact) mass is 567 g/mol. The van der Waals surface area contributed by atoms with Crippen LogP contribution < -0.4 is 4.90 Å². The van der Waals surface area contributed by atoms with Gasteiger partial charge in [-0.1, -0.05) is 119 Å². The van der Waals surface area contributed by atoms with Gasteiger partial charge in [-0.15, -0.1) is 0 Å². The van der Waals surface area contributed by atoms with E-state index in [1.807, 2.05) is 6.07 Å². The van der Waals surface area contributed by atoms with Gasteiger partial charge in [-0.05, 0) is 80.9 Å². The molecule has 0 saturated carbocycles. The highest BCUT2D eigenvalue weighted by Gasteiger charge is 2.40. The van der Waals surface area contributed by atoms with Crippen LogP contribution in [0.25, 0.3) is 44.2 Å². The molecule has 0 fully saturated rings. The Morgan fingerprint density at radius 1 is 0.477 bits per heavy atom. The summed E-state index contributed by atoms with van der Waals surface area (Å²) >= 11 is 0. The maximum absolute atomic E-state index is 6.42. The smallest absolute Gasteiger partial charge is 0.137 e. The Bertz CT molecular complexity index is 2300. The number of furan rings is 1. The number of benzene rings is 6. The van der Waals surface area contributed by atoms with Gasteiger partial charge in [-0.3, -0.25) is 0 Å². The second-order valence-electron chi connectivity index (χ2n) is 13.4. The molecule has 2 aliphatic rings. The van der Waals surface area contributed by atoms with Crippen LogP contribution in [0.5, 0.6) is 0 Å². The van der Waals surface area contributed by atoms with E-state index < -0.39 is 0 Å². The summed E-state index contributed by atoms with van der Waals surface area (Å²) in [6.07, 6.45) is 0. The first-order valence-corrected chi connectivity index (χ1v) is 15.5. The van der Waals surface area contributed by atoms with Crippen molar-refractivity contribution in [2.75, 3.05) is 4.90 Å². The lowest BCUT2D eigenvalue weighted by molar-refractivity contribution is 0.658. The molecule has 44 heavy (non-hydrogen) atoms. The topological polar surface area (TPSA) is 16.4 Å². The molecule has 6 aromatic carbocycles. The Morgan fingerprint density at radius 2 is 1.07 bits per heavy atom. The molecule has 212 valence electrons. The Morgan fingerprint density at radius 3 is 1.89 bits per heavy atom. The van der Waals surface area contributed by atoms with Crippen LogP contribution in [0.3, 0.4) is 0 Å². The molecule has 0 radical (unpaired) electrons. The van der Waals surface area contributed by atoms with E-state index in [0.29, 0.717) is 0 Å². The van der Waals surface area contributed by atoms with Crippen LogP contribution >= 0.6 is 0 Å². The lowest BCUT2D eigenvalue weighted by Gasteiger charge is -2.33. The predicted octanol–water partition coefficient (Wildman–Crippen LogP) is 11.7. The summed E-state index contributed by atoms with van der Waals surface area (Å²) in [5.74, 6) is 0. The third-order valence-electron chi connectivity index (χ3n) is 10.2. The molecule has 9 rings (SSSR count). The van der Waals surface area contributed by atoms with E-state index in [1.165, 1.54) is 50.2 Å². The van der Waals surface area contributed by atoms with Crippen LogP contribution in [0.15, 0.2) is 132 Å². The minimum Gasteiger partial charge on any atom is -0.456 e. The number of hydrogen-bond donors (Lipinski definition) is 0. The van der Waals surface area contributed by atoms with E-state index in [4.69, 9.17) is 4.42 Å². The Hall–Kier alpha value is -5.08. The Kier molecular flexibility index (Phi) is 5.05. The van der Waals surface area contributed by atoms with Crippen LogP contribution in [0.2, 0.25) is 0 Å². The third kappa shape index (κ3) is 3.26. The molecule has 2 nitrogen and oxygen atoms in total. The number of fused-ring (bicyclic) bond motifs is 9. The van der Waals surface area contributed by atoms with Crippen molar-refractivity contribution >= 4 is 39.0 Å². The van der Waals surface area contributed by atoms with E-state index in [9.17, 15) is 0 Å². The van der Waals surface area contributed by atoms with Gasteiger partial charge in [0.25, 0.3) is 0 Å². The van der Waals surface area contributed by atoms with E-state index >= 15 is 0 Å². The summed E-state index contributed by atoms with van der Waals surface area (Å²) in [5.41, 5.74) is 15.8. The maximum Gasteiger partial charge on any atom is 0.137 e. The second kappa shape index (κ2) is 8.74. The first kappa shape index (κ1) is 25.4. The van der Waals surface area contributed by atoms with E-state index in [2.05, 4.69) is 154 Å². The normalized spacial score (nSPS) is 15.2. The SMILES string of the molecule is CC1(C)c2ccccc2-c2ccc(N(c3cccc4c3C(C)(C)c3ccccc3-4)c3cccc4oc5ccccc5c34)cc21. The fourth-order valence-corrected chi connectivity index (χ4v) is 8.19. The van der Waals surface area contributed by atoms with Crippen molar-refractivity contribution in [3.63, 3.8) is 0 Å². The number of para-hydroxylation sites is 1. The van der Waals surface area contributed by atoms with Crippen molar-refractivity contribution in [2.45, 2.75) is 38.5 Å². The summed E-state index contributed by atoms with van der Waals surface area (Å²) in [6.45, 7) is 9.46. The van der Waals surface area contributed by atoms with Crippen molar-refractivity contribution in [2.24, 2.45) is 0 Å². The average Bonchev–Trinajstić information content (AvgIpc) is 3.62. The highest BCUT2D eigenvalue weighted by Crippen LogP contribution is 2.56. The van der Waals surface area contributed by atoms with Crippen molar-refractivity contribution < 1.29 is 4.42 Å². The standard InChI is InChI=1S/C42H33NO/c1-41(2)32-17-8-5-13-27(32)29-24-23-26(25-34(29)41)43(35-19-12-22-38-39(35)31-15-7-10-21-37(31)44-38)36-20-11-16-30-28-14-6-9-18-33(28)42(3,4)40(30)36/h5-25H,1-4H3. The van der Waals surface area contributed by atoms with E-state index in [1.54, 1.807) is 0 Å². The molecule has 2 aliphatic carbocycles. The zero-order valence-corrected chi connectivity index (χ0v) is 25.5. The van der Waals surface area contributed by atoms with Gasteiger partial charge in [-0.25, -0.2) is 0 Å². The summed E-state index contributed by atoms with van der Waals surface area (Å²) in [6, 6.07) is 46.6. The Balaban J connectivity index is 1.37. The fraction of sp³-hybridized carbons (Fsp3) is 0.143. The molecule has 1 aromatic heterocycles. The minimum atomic E-state index is -0.167. The molecule has 0 unspecified atom stereocenters. The van der Waals surface area contributed by atoms with Gasteiger partial charge in [-0.2, -0.15) is 0 Å². The summed E-state index contributed by atoms with van der Waals surface area (Å²) in [7, 11) is 0. The molecule has 0 aliphatic heterocycles. The second-order valence-corrected chi connectivity index (χ2v) is 13.4. The molecule has 0 saturated heterocycles. The van der Waals surface area contributed by atoms with Gasteiger partial charge in [0.15, 0.2) is 0 Å². The van der Waals surface area contributed by atoms with Crippen LogP contribution in [-0.4, -0.2) is 0 Å². The van der Waals surface area contributed by atoms with Crippen LogP contribution in [0.4, 0.5) is 17.1 Å². The van der Waals surface area contributed by atoms with Crippen LogP contribution in [0.1, 0.15) is 49.9 Å². The van der Waals surface area contributed by atoms with E-state index in [0.717, 1.165) is 33.3 Å². The fourth-order valence-electron chi connectivity index (χ4n) is 8.19. The summed E-state index contributed by atoms with van der Waals surface area (Å²) in [5, 5.41) is 2.27. The molecular weight excluding hydrogens is 534 g/mol. The molecule has 2 heteroatoms. The lowest BCUT2D eigenvalue weighted by Crippen LogP contribution is -2.21. The largest absolute Gasteiger partial charge is 0.456 e. The molecule has 7 aromatic rings. The van der Waals surface area contributed by atoms with Gasteiger partial charge in [0, 0.05) is 21.9 Å². The molecule has 0 atom stereocenters. The van der Waals surface area contributed by atoms with E-state index in [-0.39, 0.29) is 10.8 Å². The first-order chi connectivity index (χ1) is 21.4. The minimum absolute atomic E-state index is 0.101. The lowest BCUT2D eigenvalue weighted by atomic mass is 9.81. The van der Waals surface area contributed by atoms with Crippen LogP contribution in [0, 0.1) is 0 Å². The summed E-state index contributed by atoms with van der Waals surface area (Å²) in [4.78, 5) is 2.50. The molecular formula is C42H33NO. The quantitative estimate of drug-likeness (QED) is 0.211. The number of rotatable bonds is 3. The highest BCUT2D eigenvalue weighted by atomic mass is 16.3. The van der Waals surface area contributed by atoms with Crippen molar-refractivity contribution in [3.8, 4) is 22.3 Å². The number of anilines is 3. The number of nitrogens with zero attached hydrogens (tertiary/aromatic N) is 1. The number of hydrogen-bond acceptors (Lipinski definition) is 2. The van der Waals surface area contributed by atoms with Crippen LogP contribution in [-0.2, 0) is 10.8 Å². The van der Waals surface area contributed by atoms with Crippen molar-refractivity contribution in [3.05, 3.63) is 150 Å². The zero-order chi connectivity index (χ0) is 29.8. The van der Waals surface area contributed by atoms with Gasteiger partial charge in [0.2, 0.25) is 0 Å². The van der Waals surface area contributed by atoms with Crippen molar-refractivity contribution in [1.82, 2.24) is 0 Å². The first-order valence-electron chi connectivity index (χ1n) is 15.5. The molecule has 1 heterocycles. The van der Waals surface area contributed by atoms with Gasteiger partial charge in [0.05, 0.1) is 16.8 Å². The van der Waals surface area contributed by atoms with Gasteiger partial charge >= 0.3 is 0 Å². The Labute approximate surface area is 258 Å². The zero-order valence-electron chi connectivity index (χ0n) is 25.5. The predicted molar refractivity (Wildman–Crippen MR) is 184 cm³/mol. The molecule has 0 bridgehead atoms. The highest BCUT2D eigenvalue weighted by molar-refractivity contribution is 6.13. The molecule has 0 N–H and O–H groups in total. The molecule has 0 spiro atoms. The maximum atomic E-state index is 6.42. The van der Waals surface area contributed by atoms with Crippen molar-refractivity contribution in [1.29, 1.82) is 0 Å².